The van der Waals surface area contributed by atoms with Gasteiger partial charge in [-0.2, -0.15) is 13.2 Å². The highest BCUT2D eigenvalue weighted by Crippen LogP contribution is 2.40. The molecule has 0 radical (unpaired) electrons. The number of carbonyl (C=O) groups is 1. The Morgan fingerprint density at radius 1 is 1.18 bits per heavy atom. The molecule has 178 valence electrons. The van der Waals surface area contributed by atoms with Gasteiger partial charge in [-0.15, -0.1) is 0 Å². The molecule has 2 heterocycles. The number of halogens is 3. The smallest absolute Gasteiger partial charge is 0.416 e. The molecule has 0 aliphatic carbocycles. The fourth-order valence-corrected chi connectivity index (χ4v) is 4.78. The van der Waals surface area contributed by atoms with Crippen molar-refractivity contribution in [3.05, 3.63) is 53.6 Å². The summed E-state index contributed by atoms with van der Waals surface area (Å²) in [5, 5.41) is 3.01. The predicted molar refractivity (Wildman–Crippen MR) is 123 cm³/mol. The number of ether oxygens (including phenoxy) is 1. The van der Waals surface area contributed by atoms with Crippen molar-refractivity contribution in [3.63, 3.8) is 0 Å². The molecule has 1 amide bonds. The van der Waals surface area contributed by atoms with Crippen molar-refractivity contribution in [1.82, 2.24) is 5.32 Å². The number of nitrogens with one attached hydrogen (secondary N) is 1. The normalized spacial score (nSPS) is 20.3. The fourth-order valence-electron chi connectivity index (χ4n) is 4.78. The second kappa shape index (κ2) is 9.15. The van der Waals surface area contributed by atoms with Crippen LogP contribution in [0.5, 0.6) is 5.75 Å². The zero-order chi connectivity index (χ0) is 23.8. The van der Waals surface area contributed by atoms with Crippen LogP contribution in [0, 0.1) is 11.8 Å². The summed E-state index contributed by atoms with van der Waals surface area (Å²) in [6.07, 6.45) is -4.12. The average Bonchev–Trinajstić information content (AvgIpc) is 2.80. The van der Waals surface area contributed by atoms with Gasteiger partial charge in [0.2, 0.25) is 5.91 Å². The van der Waals surface area contributed by atoms with E-state index in [2.05, 4.69) is 15.1 Å². The van der Waals surface area contributed by atoms with Gasteiger partial charge in [0, 0.05) is 43.6 Å². The van der Waals surface area contributed by atoms with Crippen LogP contribution >= 0.6 is 0 Å². The van der Waals surface area contributed by atoms with E-state index in [0.29, 0.717) is 31.7 Å². The van der Waals surface area contributed by atoms with Crippen molar-refractivity contribution in [2.75, 3.05) is 43.1 Å². The van der Waals surface area contributed by atoms with Crippen molar-refractivity contribution in [1.29, 1.82) is 0 Å². The van der Waals surface area contributed by atoms with Crippen molar-refractivity contribution in [3.8, 4) is 5.75 Å². The highest BCUT2D eigenvalue weighted by molar-refractivity contribution is 5.82. The molecule has 1 fully saturated rings. The highest BCUT2D eigenvalue weighted by Gasteiger charge is 2.42. The molecule has 0 spiro atoms. The number of fused-ring (bicyclic) bond motifs is 3. The largest absolute Gasteiger partial charge is 0.497 e. The Balaban J connectivity index is 1.66. The number of hydrogen-bond acceptors (Lipinski definition) is 4. The van der Waals surface area contributed by atoms with Crippen molar-refractivity contribution >= 4 is 17.3 Å². The van der Waals surface area contributed by atoms with Crippen molar-refractivity contribution < 1.29 is 22.7 Å². The Kier molecular flexibility index (Phi) is 6.45. The van der Waals surface area contributed by atoms with Crippen LogP contribution in [0.2, 0.25) is 0 Å². The Morgan fingerprint density at radius 3 is 2.67 bits per heavy atom. The van der Waals surface area contributed by atoms with E-state index in [0.717, 1.165) is 23.2 Å². The second-order valence-corrected chi connectivity index (χ2v) is 9.20. The maximum absolute atomic E-state index is 13.3. The van der Waals surface area contributed by atoms with E-state index in [1.165, 1.54) is 6.07 Å². The third-order valence-electron chi connectivity index (χ3n) is 6.48. The van der Waals surface area contributed by atoms with E-state index < -0.39 is 17.7 Å². The first kappa shape index (κ1) is 23.3. The topological polar surface area (TPSA) is 44.8 Å². The van der Waals surface area contributed by atoms with Crippen molar-refractivity contribution in [2.24, 2.45) is 11.8 Å². The molecule has 33 heavy (non-hydrogen) atoms. The zero-order valence-electron chi connectivity index (χ0n) is 19.2. The van der Waals surface area contributed by atoms with Crippen LogP contribution < -0.4 is 19.9 Å². The van der Waals surface area contributed by atoms with Gasteiger partial charge in [-0.1, -0.05) is 19.9 Å². The van der Waals surface area contributed by atoms with Gasteiger partial charge in [0.25, 0.3) is 0 Å². The molecule has 0 unspecified atom stereocenters. The first-order valence-corrected chi connectivity index (χ1v) is 11.3. The number of piperazine rings is 1. The van der Waals surface area contributed by atoms with E-state index in [4.69, 9.17) is 4.74 Å². The summed E-state index contributed by atoms with van der Waals surface area (Å²) < 4.78 is 45.4. The van der Waals surface area contributed by atoms with Crippen LogP contribution in [0.3, 0.4) is 0 Å². The number of hydrogen-bond donors (Lipinski definition) is 1. The summed E-state index contributed by atoms with van der Waals surface area (Å²) in [7, 11) is 1.62. The van der Waals surface area contributed by atoms with Gasteiger partial charge in [-0.05, 0) is 48.2 Å². The third kappa shape index (κ3) is 4.89. The molecule has 2 aliphatic rings. The first-order valence-electron chi connectivity index (χ1n) is 11.3. The lowest BCUT2D eigenvalue weighted by molar-refractivity contribution is -0.137. The van der Waals surface area contributed by atoms with Crippen LogP contribution in [0.1, 0.15) is 25.0 Å². The van der Waals surface area contributed by atoms with E-state index >= 15 is 0 Å². The monoisotopic (exact) mass is 461 g/mol. The van der Waals surface area contributed by atoms with Gasteiger partial charge in [0.15, 0.2) is 0 Å². The minimum atomic E-state index is -4.41. The molecule has 0 saturated carbocycles. The van der Waals surface area contributed by atoms with Crippen LogP contribution in [0.4, 0.5) is 24.5 Å². The first-order chi connectivity index (χ1) is 15.7. The lowest BCUT2D eigenvalue weighted by Gasteiger charge is -2.49. The number of rotatable bonds is 5. The Bertz CT molecular complexity index is 1010. The molecule has 4 rings (SSSR count). The van der Waals surface area contributed by atoms with Gasteiger partial charge in [-0.3, -0.25) is 4.79 Å². The lowest BCUT2D eigenvalue weighted by atomic mass is 9.82. The van der Waals surface area contributed by atoms with Crippen LogP contribution in [-0.2, 0) is 17.4 Å². The second-order valence-electron chi connectivity index (χ2n) is 9.20. The van der Waals surface area contributed by atoms with Gasteiger partial charge < -0.3 is 19.9 Å². The van der Waals surface area contributed by atoms with E-state index in [-0.39, 0.29) is 24.3 Å². The number of nitrogens with zero attached hydrogens (tertiary/aromatic N) is 2. The zero-order valence-corrected chi connectivity index (χ0v) is 19.2. The molecule has 1 N–H and O–H groups in total. The number of methoxy groups -OCH3 is 1. The molecule has 2 aliphatic heterocycles. The lowest BCUT2D eigenvalue weighted by Crippen LogP contribution is -2.61. The van der Waals surface area contributed by atoms with Gasteiger partial charge in [0.1, 0.15) is 5.75 Å². The molecule has 2 aromatic carbocycles. The van der Waals surface area contributed by atoms with E-state index in [9.17, 15) is 18.0 Å². The van der Waals surface area contributed by atoms with Crippen LogP contribution in [0.15, 0.2) is 42.5 Å². The molecule has 5 nitrogen and oxygen atoms in total. The summed E-state index contributed by atoms with van der Waals surface area (Å²) >= 11 is 0. The summed E-state index contributed by atoms with van der Waals surface area (Å²) in [5.41, 5.74) is 1.72. The number of anilines is 2. The summed E-state index contributed by atoms with van der Waals surface area (Å²) in [6.45, 7) is 6.50. The van der Waals surface area contributed by atoms with Gasteiger partial charge in [-0.25, -0.2) is 0 Å². The third-order valence-corrected chi connectivity index (χ3v) is 6.48. The number of alkyl halides is 3. The molecule has 1 saturated heterocycles. The summed E-state index contributed by atoms with van der Waals surface area (Å²) in [6, 6.07) is 11.6. The molecule has 2 atom stereocenters. The Hall–Kier alpha value is -2.90. The quantitative estimate of drug-likeness (QED) is 0.719. The van der Waals surface area contributed by atoms with Crippen LogP contribution in [-0.4, -0.2) is 45.2 Å². The molecule has 0 bridgehead atoms. The van der Waals surface area contributed by atoms with Gasteiger partial charge in [0.05, 0.1) is 24.6 Å². The minimum absolute atomic E-state index is 0.103. The highest BCUT2D eigenvalue weighted by atomic mass is 19.4. The SMILES string of the molecule is COc1cccc(N2CCN3c4ccc(C(F)(F)F)cc4C[C@@H](C(=O)NCC(C)C)[C@H]3C2)c1. The molecule has 8 heteroatoms. The minimum Gasteiger partial charge on any atom is -0.497 e. The predicted octanol–water partition coefficient (Wildman–Crippen LogP) is 4.35. The molecule has 0 aromatic heterocycles. The molecule has 2 aromatic rings. The Morgan fingerprint density at radius 2 is 1.97 bits per heavy atom. The van der Waals surface area contributed by atoms with E-state index in [1.54, 1.807) is 13.2 Å². The standard InChI is InChI=1S/C25H30F3N3O2/c1-16(2)14-29-24(32)21-12-17-11-18(25(26,27)28)7-8-22(17)31-10-9-30(15-23(21)31)19-5-4-6-20(13-19)33-3/h4-8,11,13,16,21,23H,9-10,12,14-15H2,1-3H3,(H,29,32)/t21-,23-/m1/s1. The average molecular weight is 462 g/mol. The maximum atomic E-state index is 13.3. The number of benzene rings is 2. The number of carbonyl (C=O) groups excluding carboxylic acids is 1. The summed E-state index contributed by atoms with van der Waals surface area (Å²) in [4.78, 5) is 17.5. The molecular formula is C25H30F3N3O2. The van der Waals surface area contributed by atoms with Gasteiger partial charge >= 0.3 is 6.18 Å². The molecular weight excluding hydrogens is 431 g/mol. The van der Waals surface area contributed by atoms with Crippen molar-refractivity contribution in [2.45, 2.75) is 32.5 Å². The Labute approximate surface area is 192 Å². The number of amides is 1. The summed E-state index contributed by atoms with van der Waals surface area (Å²) in [5.74, 6) is 0.509. The van der Waals surface area contributed by atoms with Crippen LogP contribution in [0.25, 0.3) is 0 Å². The fraction of sp³-hybridized carbons (Fsp3) is 0.480. The van der Waals surface area contributed by atoms with E-state index in [1.807, 2.05) is 38.1 Å². The maximum Gasteiger partial charge on any atom is 0.416 e.